The molecule has 3 atom stereocenters. The second-order valence-corrected chi connectivity index (χ2v) is 7.82. The summed E-state index contributed by atoms with van der Waals surface area (Å²) in [6, 6.07) is 4.38. The van der Waals surface area contributed by atoms with Crippen molar-refractivity contribution in [3.05, 3.63) is 34.1 Å². The molecule has 5 nitrogen and oxygen atoms in total. The standard InChI is InChI=1S/C17H21BrFNO4/c1-10-13(8-21)17(9-23-10,20-15(22)24-16(2,3)4)12-7-11(18)5-6-14(12)19/h5-8,10,13H,9H2,1-4H3,(H,20,22)/t10-,13-,17-/m1/s1. The Balaban J connectivity index is 2.49. The van der Waals surface area contributed by atoms with Crippen molar-refractivity contribution in [2.24, 2.45) is 5.92 Å². The van der Waals surface area contributed by atoms with E-state index in [1.165, 1.54) is 6.07 Å². The maximum absolute atomic E-state index is 14.5. The van der Waals surface area contributed by atoms with E-state index in [4.69, 9.17) is 9.47 Å². The van der Waals surface area contributed by atoms with Crippen LogP contribution in [-0.4, -0.2) is 30.7 Å². The quantitative estimate of drug-likeness (QED) is 0.786. The van der Waals surface area contributed by atoms with Crippen LogP contribution in [0, 0.1) is 11.7 Å². The highest BCUT2D eigenvalue weighted by atomic mass is 79.9. The van der Waals surface area contributed by atoms with Crippen LogP contribution < -0.4 is 5.32 Å². The SMILES string of the molecule is C[C@H]1OC[C@@](NC(=O)OC(C)(C)C)(c2cc(Br)ccc2F)[C@@H]1C=O. The third-order valence-corrected chi connectivity index (χ3v) is 4.42. The monoisotopic (exact) mass is 401 g/mol. The smallest absolute Gasteiger partial charge is 0.408 e. The van der Waals surface area contributed by atoms with E-state index in [0.717, 1.165) is 0 Å². The molecule has 0 saturated carbocycles. The summed E-state index contributed by atoms with van der Waals surface area (Å²) in [5.74, 6) is -1.27. The maximum atomic E-state index is 14.5. The molecule has 0 aliphatic carbocycles. The topological polar surface area (TPSA) is 64.6 Å². The Kier molecular flexibility index (Phi) is 5.34. The summed E-state index contributed by atoms with van der Waals surface area (Å²) in [6.45, 7) is 6.87. The minimum Gasteiger partial charge on any atom is -0.444 e. The van der Waals surface area contributed by atoms with Crippen LogP contribution in [0.1, 0.15) is 33.3 Å². The third-order valence-electron chi connectivity index (χ3n) is 3.93. The van der Waals surface area contributed by atoms with Crippen LogP contribution in [0.5, 0.6) is 0 Å². The molecule has 1 aromatic carbocycles. The van der Waals surface area contributed by atoms with E-state index in [-0.39, 0.29) is 12.2 Å². The lowest BCUT2D eigenvalue weighted by molar-refractivity contribution is -0.113. The fourth-order valence-electron chi connectivity index (χ4n) is 2.86. The molecule has 1 fully saturated rings. The van der Waals surface area contributed by atoms with Gasteiger partial charge in [0.05, 0.1) is 18.6 Å². The van der Waals surface area contributed by atoms with Crippen molar-refractivity contribution in [3.8, 4) is 0 Å². The van der Waals surface area contributed by atoms with Gasteiger partial charge >= 0.3 is 6.09 Å². The van der Waals surface area contributed by atoms with Gasteiger partial charge in [0.2, 0.25) is 0 Å². The second-order valence-electron chi connectivity index (χ2n) is 6.90. The van der Waals surface area contributed by atoms with Crippen LogP contribution in [-0.2, 0) is 19.8 Å². The van der Waals surface area contributed by atoms with Crippen LogP contribution in [0.2, 0.25) is 0 Å². The Morgan fingerprint density at radius 3 is 2.75 bits per heavy atom. The minimum absolute atomic E-state index is 0.0236. The molecule has 132 valence electrons. The molecule has 1 amide bonds. The Morgan fingerprint density at radius 2 is 2.17 bits per heavy atom. The number of ether oxygens (including phenoxy) is 2. The van der Waals surface area contributed by atoms with Crippen molar-refractivity contribution in [3.63, 3.8) is 0 Å². The second kappa shape index (κ2) is 6.80. The molecule has 0 spiro atoms. The molecular weight excluding hydrogens is 381 g/mol. The predicted octanol–water partition coefficient (Wildman–Crippen LogP) is 3.54. The Hall–Kier alpha value is -1.47. The highest BCUT2D eigenvalue weighted by Crippen LogP contribution is 2.40. The van der Waals surface area contributed by atoms with Crippen molar-refractivity contribution in [1.82, 2.24) is 5.32 Å². The number of rotatable bonds is 3. The molecule has 1 saturated heterocycles. The van der Waals surface area contributed by atoms with Gasteiger partial charge in [-0.05, 0) is 45.9 Å². The molecule has 1 aliphatic rings. The van der Waals surface area contributed by atoms with Crippen molar-refractivity contribution in [2.75, 3.05) is 6.61 Å². The summed E-state index contributed by atoms with van der Waals surface area (Å²) < 4.78 is 26.0. The normalized spacial score (nSPS) is 26.9. The number of aldehydes is 1. The molecule has 1 N–H and O–H groups in total. The van der Waals surface area contributed by atoms with Crippen LogP contribution in [0.25, 0.3) is 0 Å². The number of carbonyl (C=O) groups excluding carboxylic acids is 2. The van der Waals surface area contributed by atoms with E-state index in [0.29, 0.717) is 10.8 Å². The highest BCUT2D eigenvalue weighted by Gasteiger charge is 2.52. The third kappa shape index (κ3) is 3.78. The molecule has 0 radical (unpaired) electrons. The lowest BCUT2D eigenvalue weighted by atomic mass is 9.78. The van der Waals surface area contributed by atoms with Gasteiger partial charge in [-0.25, -0.2) is 9.18 Å². The van der Waals surface area contributed by atoms with Gasteiger partial charge in [0.15, 0.2) is 0 Å². The molecular formula is C17H21BrFNO4. The van der Waals surface area contributed by atoms with E-state index in [1.54, 1.807) is 39.8 Å². The van der Waals surface area contributed by atoms with Crippen molar-refractivity contribution >= 4 is 28.3 Å². The Labute approximate surface area is 149 Å². The molecule has 1 aromatic rings. The van der Waals surface area contributed by atoms with Crippen molar-refractivity contribution in [2.45, 2.75) is 44.9 Å². The summed E-state index contributed by atoms with van der Waals surface area (Å²) in [7, 11) is 0. The zero-order valence-corrected chi connectivity index (χ0v) is 15.6. The number of nitrogens with one attached hydrogen (secondary N) is 1. The molecule has 1 aliphatic heterocycles. The lowest BCUT2D eigenvalue weighted by Crippen LogP contribution is -2.54. The van der Waals surface area contributed by atoms with Gasteiger partial charge in [0.25, 0.3) is 0 Å². The molecule has 1 heterocycles. The molecule has 0 bridgehead atoms. The van der Waals surface area contributed by atoms with Gasteiger partial charge in [0.1, 0.15) is 23.2 Å². The van der Waals surface area contributed by atoms with Gasteiger partial charge in [-0.1, -0.05) is 15.9 Å². The van der Waals surface area contributed by atoms with Gasteiger partial charge in [-0.2, -0.15) is 0 Å². The largest absolute Gasteiger partial charge is 0.444 e. The zero-order chi connectivity index (χ0) is 18.1. The Morgan fingerprint density at radius 1 is 1.50 bits per heavy atom. The van der Waals surface area contributed by atoms with Gasteiger partial charge < -0.3 is 19.6 Å². The summed E-state index contributed by atoms with van der Waals surface area (Å²) in [5.41, 5.74) is -1.86. The van der Waals surface area contributed by atoms with E-state index in [1.807, 2.05) is 0 Å². The fraction of sp³-hybridized carbons (Fsp3) is 0.529. The summed E-state index contributed by atoms with van der Waals surface area (Å²) >= 11 is 3.30. The zero-order valence-electron chi connectivity index (χ0n) is 14.1. The van der Waals surface area contributed by atoms with E-state index in [9.17, 15) is 14.0 Å². The number of alkyl carbamates (subject to hydrolysis) is 1. The first kappa shape index (κ1) is 18.9. The first-order valence-electron chi connectivity index (χ1n) is 7.62. The summed E-state index contributed by atoms with van der Waals surface area (Å²) in [6.07, 6.45) is -0.503. The van der Waals surface area contributed by atoms with Crippen LogP contribution in [0.4, 0.5) is 9.18 Å². The van der Waals surface area contributed by atoms with Crippen molar-refractivity contribution < 1.29 is 23.5 Å². The van der Waals surface area contributed by atoms with Crippen LogP contribution in [0.3, 0.4) is 0 Å². The number of hydrogen-bond acceptors (Lipinski definition) is 4. The number of hydrogen-bond donors (Lipinski definition) is 1. The number of carbonyl (C=O) groups is 2. The van der Waals surface area contributed by atoms with Gasteiger partial charge in [0, 0.05) is 10.0 Å². The fourth-order valence-corrected chi connectivity index (χ4v) is 3.22. The van der Waals surface area contributed by atoms with Gasteiger partial charge in [-0.15, -0.1) is 0 Å². The van der Waals surface area contributed by atoms with E-state index in [2.05, 4.69) is 21.2 Å². The first-order chi connectivity index (χ1) is 11.1. The average molecular weight is 402 g/mol. The lowest BCUT2D eigenvalue weighted by Gasteiger charge is -2.34. The average Bonchev–Trinajstić information content (AvgIpc) is 2.76. The Bertz CT molecular complexity index is 646. The first-order valence-corrected chi connectivity index (χ1v) is 8.42. The molecule has 0 aromatic heterocycles. The van der Waals surface area contributed by atoms with Crippen LogP contribution in [0.15, 0.2) is 22.7 Å². The van der Waals surface area contributed by atoms with Gasteiger partial charge in [-0.3, -0.25) is 0 Å². The highest BCUT2D eigenvalue weighted by molar-refractivity contribution is 9.10. The number of benzene rings is 1. The molecule has 7 heteroatoms. The minimum atomic E-state index is -1.32. The summed E-state index contributed by atoms with van der Waals surface area (Å²) in [5, 5.41) is 2.69. The molecule has 24 heavy (non-hydrogen) atoms. The molecule has 0 unspecified atom stereocenters. The number of amides is 1. The summed E-state index contributed by atoms with van der Waals surface area (Å²) in [4.78, 5) is 24.0. The van der Waals surface area contributed by atoms with Crippen LogP contribution >= 0.6 is 15.9 Å². The van der Waals surface area contributed by atoms with E-state index < -0.39 is 35.1 Å². The number of halogens is 2. The van der Waals surface area contributed by atoms with E-state index >= 15 is 0 Å². The predicted molar refractivity (Wildman–Crippen MR) is 90.1 cm³/mol. The maximum Gasteiger partial charge on any atom is 0.408 e. The van der Waals surface area contributed by atoms with Crippen molar-refractivity contribution in [1.29, 1.82) is 0 Å². The molecule has 2 rings (SSSR count).